The second-order valence-electron chi connectivity index (χ2n) is 5.52. The van der Waals surface area contributed by atoms with Crippen LogP contribution in [0.5, 0.6) is 0 Å². The van der Waals surface area contributed by atoms with Crippen LogP contribution in [0.15, 0.2) is 57.9 Å². The molecule has 0 heterocycles. The summed E-state index contributed by atoms with van der Waals surface area (Å²) in [6.45, 7) is 4.39. The highest BCUT2D eigenvalue weighted by Gasteiger charge is 2.07. The smallest absolute Gasteiger partial charge is 0.0674 e. The third-order valence-electron chi connectivity index (χ3n) is 3.36. The van der Waals surface area contributed by atoms with E-state index in [0.29, 0.717) is 18.1 Å². The van der Waals surface area contributed by atoms with Crippen molar-refractivity contribution in [1.29, 1.82) is 0 Å². The molecule has 2 aromatic carbocycles. The minimum Gasteiger partial charge on any atom is -0.392 e. The Morgan fingerprint density at radius 2 is 1.81 bits per heavy atom. The lowest BCUT2D eigenvalue weighted by Crippen LogP contribution is -2.13. The highest BCUT2D eigenvalue weighted by atomic mass is 79.9. The maximum atomic E-state index is 10.2. The van der Waals surface area contributed by atoms with Crippen molar-refractivity contribution in [3.63, 3.8) is 0 Å². The molecule has 112 valence electrons. The van der Waals surface area contributed by atoms with Crippen molar-refractivity contribution in [2.75, 3.05) is 5.75 Å². The number of aliphatic hydroxyl groups excluding tert-OH is 1. The first-order valence-corrected chi connectivity index (χ1v) is 8.97. The Labute approximate surface area is 139 Å². The van der Waals surface area contributed by atoms with Gasteiger partial charge in [-0.2, -0.15) is 0 Å². The Balaban J connectivity index is 1.85. The van der Waals surface area contributed by atoms with E-state index in [2.05, 4.69) is 66.2 Å². The van der Waals surface area contributed by atoms with Gasteiger partial charge in [-0.15, -0.1) is 11.8 Å². The molecule has 0 aliphatic rings. The molecule has 0 amide bonds. The van der Waals surface area contributed by atoms with Crippen LogP contribution in [0.3, 0.4) is 0 Å². The minimum absolute atomic E-state index is 0.320. The van der Waals surface area contributed by atoms with E-state index in [-0.39, 0.29) is 6.10 Å². The van der Waals surface area contributed by atoms with Crippen molar-refractivity contribution in [3.8, 4) is 0 Å². The summed E-state index contributed by atoms with van der Waals surface area (Å²) in [7, 11) is 0. The van der Waals surface area contributed by atoms with E-state index >= 15 is 0 Å². The molecule has 0 radical (unpaired) electrons. The first-order chi connectivity index (χ1) is 10.0. The monoisotopic (exact) mass is 364 g/mol. The average molecular weight is 365 g/mol. The van der Waals surface area contributed by atoms with Gasteiger partial charge in [-0.1, -0.05) is 60.1 Å². The Morgan fingerprint density at radius 3 is 2.43 bits per heavy atom. The van der Waals surface area contributed by atoms with Gasteiger partial charge in [0, 0.05) is 15.1 Å². The quantitative estimate of drug-likeness (QED) is 0.704. The fourth-order valence-electron chi connectivity index (χ4n) is 2.12. The largest absolute Gasteiger partial charge is 0.392 e. The molecule has 0 aliphatic carbocycles. The number of aliphatic hydroxyl groups is 1. The van der Waals surface area contributed by atoms with Gasteiger partial charge >= 0.3 is 0 Å². The Bertz CT molecular complexity index is 566. The maximum absolute atomic E-state index is 10.2. The standard InChI is InChI=1S/C18H21BrOS/c1-13(2)15-8-6-14(7-9-15)10-17(20)12-21-18-5-3-4-16(19)11-18/h3-9,11,13,17,20H,10,12H2,1-2H3. The highest BCUT2D eigenvalue weighted by molar-refractivity contribution is 9.10. The first kappa shape index (κ1) is 16.6. The van der Waals surface area contributed by atoms with Crippen LogP contribution in [0.2, 0.25) is 0 Å². The van der Waals surface area contributed by atoms with E-state index in [1.54, 1.807) is 11.8 Å². The summed E-state index contributed by atoms with van der Waals surface area (Å²) in [5, 5.41) is 10.2. The van der Waals surface area contributed by atoms with Crippen molar-refractivity contribution in [2.24, 2.45) is 0 Å². The Hall–Kier alpha value is -0.770. The predicted molar refractivity (Wildman–Crippen MR) is 95.1 cm³/mol. The van der Waals surface area contributed by atoms with Gasteiger partial charge in [0.1, 0.15) is 0 Å². The lowest BCUT2D eigenvalue weighted by Gasteiger charge is -2.12. The molecule has 21 heavy (non-hydrogen) atoms. The van der Waals surface area contributed by atoms with E-state index < -0.39 is 0 Å². The molecule has 1 atom stereocenters. The molecule has 0 saturated heterocycles. The van der Waals surface area contributed by atoms with Gasteiger partial charge in [0.25, 0.3) is 0 Å². The zero-order valence-electron chi connectivity index (χ0n) is 12.4. The summed E-state index contributed by atoms with van der Waals surface area (Å²) >= 11 is 5.16. The molecular weight excluding hydrogens is 344 g/mol. The first-order valence-electron chi connectivity index (χ1n) is 7.20. The van der Waals surface area contributed by atoms with E-state index in [1.807, 2.05) is 12.1 Å². The molecule has 1 nitrogen and oxygen atoms in total. The van der Waals surface area contributed by atoms with Gasteiger partial charge in [0.15, 0.2) is 0 Å². The number of hydrogen-bond acceptors (Lipinski definition) is 2. The SMILES string of the molecule is CC(C)c1ccc(CC(O)CSc2cccc(Br)c2)cc1. The van der Waals surface area contributed by atoms with Crippen LogP contribution in [-0.4, -0.2) is 17.0 Å². The molecule has 0 spiro atoms. The van der Waals surface area contributed by atoms with Crippen LogP contribution in [0, 0.1) is 0 Å². The van der Waals surface area contributed by atoms with Crippen LogP contribution in [0.4, 0.5) is 0 Å². The lowest BCUT2D eigenvalue weighted by atomic mass is 10.00. The number of hydrogen-bond donors (Lipinski definition) is 1. The molecule has 0 aromatic heterocycles. The zero-order valence-corrected chi connectivity index (χ0v) is 14.8. The molecule has 1 unspecified atom stereocenters. The number of halogens is 1. The second kappa shape index (κ2) is 8.02. The molecule has 0 bridgehead atoms. The topological polar surface area (TPSA) is 20.2 Å². The van der Waals surface area contributed by atoms with Gasteiger partial charge in [0.05, 0.1) is 6.10 Å². The molecule has 2 aromatic rings. The molecule has 3 heteroatoms. The van der Waals surface area contributed by atoms with Crippen LogP contribution in [-0.2, 0) is 6.42 Å². The van der Waals surface area contributed by atoms with E-state index in [4.69, 9.17) is 0 Å². The van der Waals surface area contributed by atoms with Crippen LogP contribution in [0.1, 0.15) is 30.9 Å². The summed E-state index contributed by atoms with van der Waals surface area (Å²) in [5.41, 5.74) is 2.54. The van der Waals surface area contributed by atoms with Crippen LogP contribution < -0.4 is 0 Å². The molecular formula is C18H21BrOS. The van der Waals surface area contributed by atoms with Crippen LogP contribution >= 0.6 is 27.7 Å². The van der Waals surface area contributed by atoms with Crippen molar-refractivity contribution in [3.05, 3.63) is 64.1 Å². The van der Waals surface area contributed by atoms with Crippen molar-refractivity contribution in [1.82, 2.24) is 0 Å². The minimum atomic E-state index is -0.320. The predicted octanol–water partition coefficient (Wildman–Crippen LogP) is 5.27. The van der Waals surface area contributed by atoms with E-state index in [9.17, 15) is 5.11 Å². The second-order valence-corrected chi connectivity index (χ2v) is 7.53. The summed E-state index contributed by atoms with van der Waals surface area (Å²) in [6.07, 6.45) is 0.387. The number of thioether (sulfide) groups is 1. The van der Waals surface area contributed by atoms with Gasteiger partial charge in [0.2, 0.25) is 0 Å². The highest BCUT2D eigenvalue weighted by Crippen LogP contribution is 2.23. The fraction of sp³-hybridized carbons (Fsp3) is 0.333. The zero-order chi connectivity index (χ0) is 15.2. The molecule has 0 aliphatic heterocycles. The Morgan fingerprint density at radius 1 is 1.10 bits per heavy atom. The lowest BCUT2D eigenvalue weighted by molar-refractivity contribution is 0.200. The van der Waals surface area contributed by atoms with Gasteiger partial charge in [-0.05, 0) is 41.7 Å². The third-order valence-corrected chi connectivity index (χ3v) is 4.99. The normalized spacial score (nSPS) is 12.6. The van der Waals surface area contributed by atoms with Gasteiger partial charge in [-0.25, -0.2) is 0 Å². The number of benzene rings is 2. The summed E-state index contributed by atoms with van der Waals surface area (Å²) in [6, 6.07) is 16.8. The van der Waals surface area contributed by atoms with E-state index in [0.717, 1.165) is 4.47 Å². The molecule has 1 N–H and O–H groups in total. The van der Waals surface area contributed by atoms with Crippen LogP contribution in [0.25, 0.3) is 0 Å². The van der Waals surface area contributed by atoms with Crippen molar-refractivity contribution >= 4 is 27.7 Å². The fourth-order valence-corrected chi connectivity index (χ4v) is 3.56. The maximum Gasteiger partial charge on any atom is 0.0674 e. The third kappa shape index (κ3) is 5.50. The van der Waals surface area contributed by atoms with Gasteiger partial charge < -0.3 is 5.11 Å². The summed E-state index contributed by atoms with van der Waals surface area (Å²) in [5.74, 6) is 1.26. The van der Waals surface area contributed by atoms with Crippen molar-refractivity contribution < 1.29 is 5.11 Å². The molecule has 0 fully saturated rings. The summed E-state index contributed by atoms with van der Waals surface area (Å²) in [4.78, 5) is 1.18. The molecule has 2 rings (SSSR count). The van der Waals surface area contributed by atoms with Gasteiger partial charge in [-0.3, -0.25) is 0 Å². The average Bonchev–Trinajstić information content (AvgIpc) is 2.46. The van der Waals surface area contributed by atoms with E-state index in [1.165, 1.54) is 16.0 Å². The summed E-state index contributed by atoms with van der Waals surface area (Å²) < 4.78 is 1.08. The Kier molecular flexibility index (Phi) is 6.34. The van der Waals surface area contributed by atoms with Crippen molar-refractivity contribution in [2.45, 2.75) is 37.2 Å². The number of rotatable bonds is 6. The molecule has 0 saturated carbocycles.